The predicted molar refractivity (Wildman–Crippen MR) is 99.7 cm³/mol. The van der Waals surface area contributed by atoms with E-state index in [4.69, 9.17) is 16.3 Å². The van der Waals surface area contributed by atoms with Crippen molar-refractivity contribution in [2.24, 2.45) is 0 Å². The lowest BCUT2D eigenvalue weighted by Crippen LogP contribution is -2.30. The normalized spacial score (nSPS) is 10.3. The number of rotatable bonds is 5. The second kappa shape index (κ2) is 8.39. The van der Waals surface area contributed by atoms with E-state index in [0.717, 1.165) is 0 Å². The first-order valence-corrected chi connectivity index (χ1v) is 8.09. The van der Waals surface area contributed by atoms with E-state index in [-0.39, 0.29) is 11.9 Å². The molecular formula is C18H20ClN3O3. The van der Waals surface area contributed by atoms with Crippen LogP contribution in [0.3, 0.4) is 0 Å². The number of anilines is 2. The number of urea groups is 1. The number of carbonyl (C=O) groups excluding carboxylic acids is 2. The van der Waals surface area contributed by atoms with Crippen LogP contribution in [0.1, 0.15) is 24.2 Å². The molecule has 2 aromatic rings. The molecular weight excluding hydrogens is 342 g/mol. The fourth-order valence-corrected chi connectivity index (χ4v) is 2.29. The van der Waals surface area contributed by atoms with Gasteiger partial charge >= 0.3 is 6.03 Å². The Morgan fingerprint density at radius 2 is 1.72 bits per heavy atom. The van der Waals surface area contributed by atoms with Crippen LogP contribution in [-0.4, -0.2) is 25.1 Å². The molecule has 6 nitrogen and oxygen atoms in total. The largest absolute Gasteiger partial charge is 0.495 e. The van der Waals surface area contributed by atoms with Crippen LogP contribution >= 0.6 is 11.6 Å². The van der Waals surface area contributed by atoms with Crippen molar-refractivity contribution in [3.8, 4) is 5.75 Å². The molecule has 0 heterocycles. The summed E-state index contributed by atoms with van der Waals surface area (Å²) in [5.74, 6) is 0.343. The molecule has 0 aliphatic rings. The molecule has 0 saturated carbocycles. The minimum Gasteiger partial charge on any atom is -0.495 e. The maximum absolute atomic E-state index is 12.1. The van der Waals surface area contributed by atoms with E-state index in [1.807, 2.05) is 13.8 Å². The van der Waals surface area contributed by atoms with Crippen molar-refractivity contribution >= 4 is 34.9 Å². The molecule has 0 radical (unpaired) electrons. The Morgan fingerprint density at radius 1 is 1.04 bits per heavy atom. The summed E-state index contributed by atoms with van der Waals surface area (Å²) < 4.78 is 5.18. The van der Waals surface area contributed by atoms with Crippen LogP contribution in [0, 0.1) is 0 Å². The molecule has 0 aromatic heterocycles. The number of nitrogens with one attached hydrogen (secondary N) is 3. The van der Waals surface area contributed by atoms with Crippen LogP contribution in [0.5, 0.6) is 5.75 Å². The zero-order valence-electron chi connectivity index (χ0n) is 14.2. The highest BCUT2D eigenvalue weighted by Gasteiger charge is 2.10. The van der Waals surface area contributed by atoms with Crippen LogP contribution in [0.15, 0.2) is 42.5 Å². The fraction of sp³-hybridized carbons (Fsp3) is 0.222. The quantitative estimate of drug-likeness (QED) is 0.749. The molecule has 0 bridgehead atoms. The summed E-state index contributed by atoms with van der Waals surface area (Å²) in [7, 11) is 1.51. The van der Waals surface area contributed by atoms with Crippen LogP contribution in [0.4, 0.5) is 16.2 Å². The average Bonchev–Trinajstić information content (AvgIpc) is 2.55. The monoisotopic (exact) mass is 361 g/mol. The standard InChI is InChI=1S/C18H20ClN3O3/c1-11(2)20-17(23)12-4-7-14(8-5-12)21-18(24)22-15-10-13(19)6-9-16(15)25-3/h4-11H,1-3H3,(H,20,23)(H2,21,22,24). The Kier molecular flexibility index (Phi) is 6.25. The SMILES string of the molecule is COc1ccc(Cl)cc1NC(=O)Nc1ccc(C(=O)NC(C)C)cc1. The second-order valence-electron chi connectivity index (χ2n) is 5.63. The van der Waals surface area contributed by atoms with Gasteiger partial charge in [0, 0.05) is 22.3 Å². The van der Waals surface area contributed by atoms with E-state index in [1.165, 1.54) is 7.11 Å². The highest BCUT2D eigenvalue weighted by molar-refractivity contribution is 6.31. The number of ether oxygens (including phenoxy) is 1. The van der Waals surface area contributed by atoms with Crippen molar-refractivity contribution in [1.29, 1.82) is 0 Å². The number of methoxy groups -OCH3 is 1. The van der Waals surface area contributed by atoms with E-state index in [9.17, 15) is 9.59 Å². The minimum absolute atomic E-state index is 0.0590. The molecule has 132 valence electrons. The summed E-state index contributed by atoms with van der Waals surface area (Å²) in [5, 5.41) is 8.65. The number of amides is 3. The van der Waals surface area contributed by atoms with Gasteiger partial charge in [-0.2, -0.15) is 0 Å². The highest BCUT2D eigenvalue weighted by atomic mass is 35.5. The van der Waals surface area contributed by atoms with Crippen molar-refractivity contribution in [2.45, 2.75) is 19.9 Å². The maximum Gasteiger partial charge on any atom is 0.323 e. The minimum atomic E-state index is -0.444. The molecule has 0 saturated heterocycles. The van der Waals surface area contributed by atoms with Gasteiger partial charge in [0.05, 0.1) is 12.8 Å². The third-order valence-corrected chi connectivity index (χ3v) is 3.47. The first-order chi connectivity index (χ1) is 11.9. The topological polar surface area (TPSA) is 79.5 Å². The van der Waals surface area contributed by atoms with E-state index in [0.29, 0.717) is 27.7 Å². The van der Waals surface area contributed by atoms with Gasteiger partial charge in [-0.1, -0.05) is 11.6 Å². The highest BCUT2D eigenvalue weighted by Crippen LogP contribution is 2.27. The van der Waals surface area contributed by atoms with Crippen molar-refractivity contribution < 1.29 is 14.3 Å². The van der Waals surface area contributed by atoms with Gasteiger partial charge in [-0.15, -0.1) is 0 Å². The lowest BCUT2D eigenvalue weighted by molar-refractivity contribution is 0.0943. The third kappa shape index (κ3) is 5.39. The average molecular weight is 362 g/mol. The summed E-state index contributed by atoms with van der Waals surface area (Å²) >= 11 is 5.94. The first kappa shape index (κ1) is 18.6. The number of hydrogen-bond donors (Lipinski definition) is 3. The summed E-state index contributed by atoms with van der Waals surface area (Å²) in [6.45, 7) is 3.78. The van der Waals surface area contributed by atoms with Crippen LogP contribution in [0.2, 0.25) is 5.02 Å². The van der Waals surface area contributed by atoms with Crippen LogP contribution < -0.4 is 20.7 Å². The molecule has 3 N–H and O–H groups in total. The Bertz CT molecular complexity index is 761. The lowest BCUT2D eigenvalue weighted by atomic mass is 10.2. The lowest BCUT2D eigenvalue weighted by Gasteiger charge is -2.12. The maximum atomic E-state index is 12.1. The molecule has 3 amide bonds. The molecule has 0 aliphatic heterocycles. The third-order valence-electron chi connectivity index (χ3n) is 3.23. The van der Waals surface area contributed by atoms with Crippen molar-refractivity contribution in [3.63, 3.8) is 0 Å². The van der Waals surface area contributed by atoms with Crippen molar-refractivity contribution in [3.05, 3.63) is 53.1 Å². The van der Waals surface area contributed by atoms with Gasteiger partial charge in [-0.25, -0.2) is 4.79 Å². The molecule has 0 fully saturated rings. The van der Waals surface area contributed by atoms with Gasteiger partial charge in [-0.05, 0) is 56.3 Å². The molecule has 25 heavy (non-hydrogen) atoms. The predicted octanol–water partition coefficient (Wildman–Crippen LogP) is 4.13. The Balaban J connectivity index is 2.01. The smallest absolute Gasteiger partial charge is 0.323 e. The number of benzene rings is 2. The zero-order valence-corrected chi connectivity index (χ0v) is 15.0. The summed E-state index contributed by atoms with van der Waals surface area (Å²) in [6.07, 6.45) is 0. The fourth-order valence-electron chi connectivity index (χ4n) is 2.11. The van der Waals surface area contributed by atoms with Crippen LogP contribution in [0.25, 0.3) is 0 Å². The molecule has 2 rings (SSSR count). The van der Waals surface area contributed by atoms with E-state index in [1.54, 1.807) is 42.5 Å². The van der Waals surface area contributed by atoms with Gasteiger partial charge in [0.25, 0.3) is 5.91 Å². The molecule has 7 heteroatoms. The number of hydrogen-bond acceptors (Lipinski definition) is 3. The number of halogens is 1. The van der Waals surface area contributed by atoms with E-state index in [2.05, 4.69) is 16.0 Å². The van der Waals surface area contributed by atoms with Crippen molar-refractivity contribution in [2.75, 3.05) is 17.7 Å². The van der Waals surface area contributed by atoms with Crippen molar-refractivity contribution in [1.82, 2.24) is 5.32 Å². The van der Waals surface area contributed by atoms with Gasteiger partial charge in [-0.3, -0.25) is 4.79 Å². The Hall–Kier alpha value is -2.73. The second-order valence-corrected chi connectivity index (χ2v) is 6.07. The molecule has 0 atom stereocenters. The van der Waals surface area contributed by atoms with E-state index < -0.39 is 6.03 Å². The van der Waals surface area contributed by atoms with Gasteiger partial charge in [0.2, 0.25) is 0 Å². The van der Waals surface area contributed by atoms with Gasteiger partial charge in [0.1, 0.15) is 5.75 Å². The zero-order chi connectivity index (χ0) is 18.4. The van der Waals surface area contributed by atoms with Crippen LogP contribution in [-0.2, 0) is 0 Å². The first-order valence-electron chi connectivity index (χ1n) is 7.71. The molecule has 2 aromatic carbocycles. The Labute approximate surface area is 151 Å². The summed E-state index contributed by atoms with van der Waals surface area (Å²) in [4.78, 5) is 24.0. The summed E-state index contributed by atoms with van der Waals surface area (Å²) in [5.41, 5.74) is 1.54. The molecule has 0 unspecified atom stereocenters. The van der Waals surface area contributed by atoms with Gasteiger partial charge in [0.15, 0.2) is 0 Å². The Morgan fingerprint density at radius 3 is 2.32 bits per heavy atom. The van der Waals surface area contributed by atoms with Gasteiger partial charge < -0.3 is 20.7 Å². The van der Waals surface area contributed by atoms with E-state index >= 15 is 0 Å². The molecule has 0 aliphatic carbocycles. The number of carbonyl (C=O) groups is 2. The molecule has 0 spiro atoms. The summed E-state index contributed by atoms with van der Waals surface area (Å²) in [6, 6.07) is 11.2.